The first-order valence-electron chi connectivity index (χ1n) is 19.5. The fourth-order valence-corrected chi connectivity index (χ4v) is 11.2. The molecule has 5 aliphatic carbocycles. The Morgan fingerprint density at radius 2 is 1.60 bits per heavy atom. The van der Waals surface area contributed by atoms with Gasteiger partial charge in [0.05, 0.1) is 12.6 Å². The van der Waals surface area contributed by atoms with Gasteiger partial charge in [-0.05, 0) is 118 Å². The summed E-state index contributed by atoms with van der Waals surface area (Å²) in [4.78, 5) is 18.0. The van der Waals surface area contributed by atoms with Gasteiger partial charge in [-0.15, -0.1) is 0 Å². The van der Waals surface area contributed by atoms with Gasteiger partial charge in [0.1, 0.15) is 0 Å². The molecule has 0 radical (unpaired) electrons. The third kappa shape index (κ3) is 8.33. The Kier molecular flexibility index (Phi) is 10.9. The van der Waals surface area contributed by atoms with Crippen LogP contribution in [-0.4, -0.2) is 84.0 Å². The molecule has 0 unspecified atom stereocenters. The standard InChI is InChI=1S/C38H69N7/c1-27(2)12-14-44(37(40)42-26-38-20-30-16-31(21-38)18-32(17-30)22-38)35(19-29-9-6-5-7-10-29)24-43-13-8-11-33(43)25-45-34(15-28(3)4)23-41-36(45)39/h27-35H,5-26H2,1-4H3,(H2,39,41)(H2,40,42)/t30?,31?,32?,33-,34+,35+,38?/m0/s1. The van der Waals surface area contributed by atoms with Crippen LogP contribution in [0.3, 0.4) is 0 Å². The maximum atomic E-state index is 7.18. The van der Waals surface area contributed by atoms with Gasteiger partial charge in [-0.25, -0.2) is 0 Å². The van der Waals surface area contributed by atoms with E-state index in [0.29, 0.717) is 35.4 Å². The third-order valence-corrected chi connectivity index (χ3v) is 13.0. The van der Waals surface area contributed by atoms with Crippen molar-refractivity contribution in [2.24, 2.45) is 62.4 Å². The Labute approximate surface area is 276 Å². The zero-order valence-electron chi connectivity index (χ0n) is 29.6. The Morgan fingerprint density at radius 1 is 0.911 bits per heavy atom. The van der Waals surface area contributed by atoms with E-state index in [1.165, 1.54) is 109 Å². The highest BCUT2D eigenvalue weighted by Gasteiger charge is 2.50. The molecule has 0 spiro atoms. The van der Waals surface area contributed by atoms with Gasteiger partial charge < -0.3 is 21.3 Å². The Balaban J connectivity index is 1.19. The highest BCUT2D eigenvalue weighted by molar-refractivity contribution is 5.80. The first-order chi connectivity index (χ1) is 21.7. The summed E-state index contributed by atoms with van der Waals surface area (Å²) in [5, 5.41) is 0. The first-order valence-corrected chi connectivity index (χ1v) is 19.5. The maximum absolute atomic E-state index is 7.18. The molecule has 2 aliphatic heterocycles. The van der Waals surface area contributed by atoms with Crippen LogP contribution in [0.15, 0.2) is 9.98 Å². The van der Waals surface area contributed by atoms with Gasteiger partial charge in [0.25, 0.3) is 0 Å². The number of guanidine groups is 2. The molecule has 7 heteroatoms. The van der Waals surface area contributed by atoms with E-state index in [-0.39, 0.29) is 0 Å². The van der Waals surface area contributed by atoms with E-state index in [1.54, 1.807) is 0 Å². The molecule has 3 atom stereocenters. The summed E-state index contributed by atoms with van der Waals surface area (Å²) in [5.41, 5.74) is 14.1. The molecule has 0 aromatic heterocycles. The average Bonchev–Trinajstić information content (AvgIpc) is 3.57. The van der Waals surface area contributed by atoms with Crippen molar-refractivity contribution in [1.29, 1.82) is 0 Å². The Hall–Kier alpha value is -1.50. The molecule has 4 N–H and O–H groups in total. The second-order valence-corrected chi connectivity index (χ2v) is 17.8. The largest absolute Gasteiger partial charge is 0.370 e. The molecule has 1 saturated heterocycles. The molecule has 4 bridgehead atoms. The summed E-state index contributed by atoms with van der Waals surface area (Å²) in [6, 6.07) is 1.43. The molecule has 0 aromatic rings. The number of rotatable bonds is 14. The number of hydrogen-bond donors (Lipinski definition) is 2. The van der Waals surface area contributed by atoms with Crippen molar-refractivity contribution in [1.82, 2.24) is 14.7 Å². The van der Waals surface area contributed by atoms with Crippen molar-refractivity contribution in [2.45, 2.75) is 149 Å². The van der Waals surface area contributed by atoms with Crippen LogP contribution >= 0.6 is 0 Å². The summed E-state index contributed by atoms with van der Waals surface area (Å²) in [7, 11) is 0. The molecule has 256 valence electrons. The minimum atomic E-state index is 0.434. The summed E-state index contributed by atoms with van der Waals surface area (Å²) < 4.78 is 0. The van der Waals surface area contributed by atoms with E-state index >= 15 is 0 Å². The van der Waals surface area contributed by atoms with Gasteiger partial charge in [0.2, 0.25) is 0 Å². The SMILES string of the molecule is CC(C)CCN(C(N)=NCC12CC3CC(CC(C3)C1)C2)[C@H](CC1CCCCC1)CN1CCC[C@H]1CN1C(N)=NC[C@H]1CC(C)C. The highest BCUT2D eigenvalue weighted by Crippen LogP contribution is 2.60. The number of nitrogens with zero attached hydrogens (tertiary/aromatic N) is 5. The predicted octanol–water partition coefficient (Wildman–Crippen LogP) is 6.71. The smallest absolute Gasteiger partial charge is 0.191 e. The van der Waals surface area contributed by atoms with Crippen LogP contribution in [0.4, 0.5) is 0 Å². The summed E-state index contributed by atoms with van der Waals surface area (Å²) >= 11 is 0. The van der Waals surface area contributed by atoms with Crippen LogP contribution in [0.5, 0.6) is 0 Å². The molecule has 7 aliphatic rings. The van der Waals surface area contributed by atoms with E-state index < -0.39 is 0 Å². The molecule has 0 aromatic carbocycles. The molecule has 45 heavy (non-hydrogen) atoms. The van der Waals surface area contributed by atoms with Crippen LogP contribution in [0.25, 0.3) is 0 Å². The van der Waals surface area contributed by atoms with Crippen molar-refractivity contribution in [3.8, 4) is 0 Å². The minimum absolute atomic E-state index is 0.434. The Morgan fingerprint density at radius 3 is 2.24 bits per heavy atom. The molecule has 7 nitrogen and oxygen atoms in total. The number of aliphatic imine (C=N–C) groups is 2. The molecule has 0 amide bonds. The Bertz CT molecular complexity index is 978. The molecule has 2 heterocycles. The number of nitrogens with two attached hydrogens (primary N) is 2. The van der Waals surface area contributed by atoms with Crippen LogP contribution < -0.4 is 11.5 Å². The van der Waals surface area contributed by atoms with Crippen molar-refractivity contribution in [3.05, 3.63) is 0 Å². The zero-order valence-corrected chi connectivity index (χ0v) is 29.6. The first kappa shape index (κ1) is 33.4. The average molecular weight is 624 g/mol. The maximum Gasteiger partial charge on any atom is 0.191 e. The van der Waals surface area contributed by atoms with E-state index in [2.05, 4.69) is 42.4 Å². The highest BCUT2D eigenvalue weighted by atomic mass is 15.4. The minimum Gasteiger partial charge on any atom is -0.370 e. The fraction of sp³-hybridized carbons (Fsp3) is 0.947. The van der Waals surface area contributed by atoms with Crippen LogP contribution in [0.1, 0.15) is 130 Å². The van der Waals surface area contributed by atoms with Gasteiger partial charge in [0, 0.05) is 38.3 Å². The quantitative estimate of drug-likeness (QED) is 0.166. The molecular weight excluding hydrogens is 554 g/mol. The lowest BCUT2D eigenvalue weighted by atomic mass is 9.49. The second kappa shape index (κ2) is 14.7. The van der Waals surface area contributed by atoms with Crippen LogP contribution in [-0.2, 0) is 0 Å². The lowest BCUT2D eigenvalue weighted by Gasteiger charge is -2.56. The molecule has 6 fully saturated rings. The van der Waals surface area contributed by atoms with Gasteiger partial charge in [-0.1, -0.05) is 59.8 Å². The van der Waals surface area contributed by atoms with Gasteiger partial charge in [-0.2, -0.15) is 0 Å². The zero-order chi connectivity index (χ0) is 31.6. The van der Waals surface area contributed by atoms with Gasteiger partial charge in [-0.3, -0.25) is 14.9 Å². The lowest BCUT2D eigenvalue weighted by molar-refractivity contribution is -0.0466. The van der Waals surface area contributed by atoms with Crippen molar-refractivity contribution >= 4 is 11.9 Å². The third-order valence-electron chi connectivity index (χ3n) is 13.0. The molecule has 5 saturated carbocycles. The van der Waals surface area contributed by atoms with Crippen molar-refractivity contribution < 1.29 is 0 Å². The van der Waals surface area contributed by atoms with Crippen molar-refractivity contribution in [3.63, 3.8) is 0 Å². The lowest BCUT2D eigenvalue weighted by Crippen LogP contribution is -2.54. The van der Waals surface area contributed by atoms with Gasteiger partial charge in [0.15, 0.2) is 11.9 Å². The number of likely N-dealkylation sites (tertiary alicyclic amines) is 1. The van der Waals surface area contributed by atoms with E-state index in [1.807, 2.05) is 0 Å². The number of hydrogen-bond acceptors (Lipinski definition) is 5. The van der Waals surface area contributed by atoms with E-state index in [0.717, 1.165) is 68.3 Å². The fourth-order valence-electron chi connectivity index (χ4n) is 11.2. The van der Waals surface area contributed by atoms with E-state index in [4.69, 9.17) is 21.5 Å². The van der Waals surface area contributed by atoms with Gasteiger partial charge >= 0.3 is 0 Å². The van der Waals surface area contributed by atoms with Crippen LogP contribution in [0.2, 0.25) is 0 Å². The van der Waals surface area contributed by atoms with Crippen molar-refractivity contribution in [2.75, 3.05) is 39.3 Å². The summed E-state index contributed by atoms with van der Waals surface area (Å²) in [5.74, 6) is 6.66. The predicted molar refractivity (Wildman–Crippen MR) is 189 cm³/mol. The molecular formula is C38H69N7. The topological polar surface area (TPSA) is 86.5 Å². The summed E-state index contributed by atoms with van der Waals surface area (Å²) in [6.45, 7) is 15.6. The molecule has 7 rings (SSSR count). The van der Waals surface area contributed by atoms with E-state index in [9.17, 15) is 0 Å². The summed E-state index contributed by atoms with van der Waals surface area (Å²) in [6.07, 6.45) is 21.8. The normalized spacial score (nSPS) is 34.8. The van der Waals surface area contributed by atoms with Crippen LogP contribution in [0, 0.1) is 40.9 Å². The second-order valence-electron chi connectivity index (χ2n) is 17.8. The monoisotopic (exact) mass is 624 g/mol.